The maximum absolute atomic E-state index is 11.7. The molecule has 1 aliphatic carbocycles. The van der Waals surface area contributed by atoms with Gasteiger partial charge in [-0.05, 0) is 12.8 Å². The van der Waals surface area contributed by atoms with Crippen LogP contribution in [0.4, 0.5) is 0 Å². The summed E-state index contributed by atoms with van der Waals surface area (Å²) < 4.78 is 27.2. The molecule has 0 atom stereocenters. The first-order valence-corrected chi connectivity index (χ1v) is 8.44. The van der Waals surface area contributed by atoms with Gasteiger partial charge in [0.1, 0.15) is 0 Å². The van der Waals surface area contributed by atoms with Crippen molar-refractivity contribution in [2.45, 2.75) is 51.5 Å². The zero-order chi connectivity index (χ0) is 13.4. The van der Waals surface area contributed by atoms with Crippen LogP contribution in [0.15, 0.2) is 0 Å². The van der Waals surface area contributed by atoms with Crippen molar-refractivity contribution in [1.82, 2.24) is 14.3 Å². The van der Waals surface area contributed by atoms with Crippen LogP contribution in [0, 0.1) is 0 Å². The number of rotatable bonds is 7. The second-order valence-corrected chi connectivity index (χ2v) is 6.82. The van der Waals surface area contributed by atoms with Crippen molar-refractivity contribution in [2.75, 3.05) is 26.7 Å². The molecule has 1 saturated carbocycles. The van der Waals surface area contributed by atoms with Gasteiger partial charge in [-0.15, -0.1) is 0 Å². The first-order valence-electron chi connectivity index (χ1n) is 7.00. The van der Waals surface area contributed by atoms with Gasteiger partial charge in [0.25, 0.3) is 10.2 Å². The molecule has 1 rings (SSSR count). The summed E-state index contributed by atoms with van der Waals surface area (Å²) in [5.41, 5.74) is 0. The maximum Gasteiger partial charge on any atom is 0.279 e. The predicted molar refractivity (Wildman–Crippen MR) is 74.7 cm³/mol. The van der Waals surface area contributed by atoms with Gasteiger partial charge in [-0.3, -0.25) is 0 Å². The van der Waals surface area contributed by atoms with Crippen molar-refractivity contribution in [3.8, 4) is 0 Å². The van der Waals surface area contributed by atoms with E-state index in [1.165, 1.54) is 42.8 Å². The Kier molecular flexibility index (Phi) is 7.14. The van der Waals surface area contributed by atoms with Gasteiger partial charge in [-0.2, -0.15) is 12.7 Å². The van der Waals surface area contributed by atoms with E-state index in [2.05, 4.69) is 10.0 Å². The topological polar surface area (TPSA) is 61.4 Å². The molecule has 0 bridgehead atoms. The maximum atomic E-state index is 11.7. The van der Waals surface area contributed by atoms with Gasteiger partial charge in [0.15, 0.2) is 0 Å². The average Bonchev–Trinajstić information content (AvgIpc) is 2.62. The Hall–Kier alpha value is -0.170. The SMILES string of the molecule is CCN(C)S(=O)(=O)NCCNC1CCCCCC1. The summed E-state index contributed by atoms with van der Waals surface area (Å²) in [5.74, 6) is 0. The van der Waals surface area contributed by atoms with Crippen molar-refractivity contribution in [3.05, 3.63) is 0 Å². The lowest BCUT2D eigenvalue weighted by Crippen LogP contribution is -2.42. The molecule has 0 aromatic carbocycles. The monoisotopic (exact) mass is 277 g/mol. The number of nitrogens with one attached hydrogen (secondary N) is 2. The quantitative estimate of drug-likeness (QED) is 0.541. The van der Waals surface area contributed by atoms with Gasteiger partial charge in [-0.1, -0.05) is 32.6 Å². The Balaban J connectivity index is 2.17. The standard InChI is InChI=1S/C12H27N3O2S/c1-3-15(2)18(16,17)14-11-10-13-12-8-6-4-5-7-9-12/h12-14H,3-11H2,1-2H3. The van der Waals surface area contributed by atoms with Crippen molar-refractivity contribution in [2.24, 2.45) is 0 Å². The third-order valence-corrected chi connectivity index (χ3v) is 5.20. The molecule has 0 saturated heterocycles. The number of hydrogen-bond donors (Lipinski definition) is 2. The van der Waals surface area contributed by atoms with Crippen molar-refractivity contribution >= 4 is 10.2 Å². The Morgan fingerprint density at radius 1 is 1.11 bits per heavy atom. The van der Waals surface area contributed by atoms with Crippen LogP contribution in [0.25, 0.3) is 0 Å². The summed E-state index contributed by atoms with van der Waals surface area (Å²) in [4.78, 5) is 0. The van der Waals surface area contributed by atoms with Crippen molar-refractivity contribution < 1.29 is 8.42 Å². The van der Waals surface area contributed by atoms with Crippen LogP contribution in [0.2, 0.25) is 0 Å². The molecular formula is C12H27N3O2S. The van der Waals surface area contributed by atoms with E-state index in [9.17, 15) is 8.42 Å². The van der Waals surface area contributed by atoms with Crippen LogP contribution in [0.3, 0.4) is 0 Å². The van der Waals surface area contributed by atoms with E-state index in [1.807, 2.05) is 6.92 Å². The molecule has 1 aliphatic rings. The molecule has 0 radical (unpaired) electrons. The van der Waals surface area contributed by atoms with Crippen LogP contribution >= 0.6 is 0 Å². The second-order valence-electron chi connectivity index (χ2n) is 4.96. The van der Waals surface area contributed by atoms with E-state index < -0.39 is 10.2 Å². The smallest absolute Gasteiger partial charge is 0.279 e. The molecule has 6 heteroatoms. The van der Waals surface area contributed by atoms with Crippen LogP contribution in [-0.4, -0.2) is 45.4 Å². The highest BCUT2D eigenvalue weighted by molar-refractivity contribution is 7.87. The molecule has 0 unspecified atom stereocenters. The Morgan fingerprint density at radius 3 is 2.28 bits per heavy atom. The zero-order valence-corrected chi connectivity index (χ0v) is 12.4. The Labute approximate surface area is 112 Å². The normalized spacial score (nSPS) is 19.1. The molecule has 108 valence electrons. The molecule has 18 heavy (non-hydrogen) atoms. The zero-order valence-electron chi connectivity index (χ0n) is 11.6. The van der Waals surface area contributed by atoms with Crippen LogP contribution in [0.5, 0.6) is 0 Å². The van der Waals surface area contributed by atoms with Gasteiger partial charge in [0, 0.05) is 32.7 Å². The third kappa shape index (κ3) is 5.65. The molecule has 0 aromatic rings. The van der Waals surface area contributed by atoms with Crippen molar-refractivity contribution in [1.29, 1.82) is 0 Å². The highest BCUT2D eigenvalue weighted by Gasteiger charge is 2.15. The predicted octanol–water partition coefficient (Wildman–Crippen LogP) is 1.08. The van der Waals surface area contributed by atoms with E-state index >= 15 is 0 Å². The summed E-state index contributed by atoms with van der Waals surface area (Å²) in [6.45, 7) is 3.49. The van der Waals surface area contributed by atoms with E-state index in [0.717, 1.165) is 0 Å². The molecule has 0 heterocycles. The van der Waals surface area contributed by atoms with E-state index in [0.29, 0.717) is 25.7 Å². The molecule has 5 nitrogen and oxygen atoms in total. The Morgan fingerprint density at radius 2 is 1.72 bits per heavy atom. The first kappa shape index (κ1) is 15.9. The number of nitrogens with zero attached hydrogens (tertiary/aromatic N) is 1. The van der Waals surface area contributed by atoms with Crippen LogP contribution in [0.1, 0.15) is 45.4 Å². The summed E-state index contributed by atoms with van der Waals surface area (Å²) in [5, 5.41) is 3.45. The van der Waals surface area contributed by atoms with Gasteiger partial charge in [-0.25, -0.2) is 4.72 Å². The van der Waals surface area contributed by atoms with Crippen molar-refractivity contribution in [3.63, 3.8) is 0 Å². The lowest BCUT2D eigenvalue weighted by molar-refractivity contribution is 0.450. The average molecular weight is 277 g/mol. The minimum Gasteiger partial charge on any atom is -0.313 e. The largest absolute Gasteiger partial charge is 0.313 e. The molecule has 2 N–H and O–H groups in total. The summed E-state index contributed by atoms with van der Waals surface area (Å²) in [6.07, 6.45) is 7.71. The summed E-state index contributed by atoms with van der Waals surface area (Å²) in [6, 6.07) is 0.570. The fourth-order valence-electron chi connectivity index (χ4n) is 2.22. The fraction of sp³-hybridized carbons (Fsp3) is 1.00. The minimum atomic E-state index is -3.28. The van der Waals surface area contributed by atoms with Crippen LogP contribution < -0.4 is 10.0 Å². The molecule has 1 fully saturated rings. The van der Waals surface area contributed by atoms with Crippen LogP contribution in [-0.2, 0) is 10.2 Å². The second kappa shape index (κ2) is 8.09. The lowest BCUT2D eigenvalue weighted by atomic mass is 10.1. The lowest BCUT2D eigenvalue weighted by Gasteiger charge is -2.18. The molecule has 0 amide bonds. The highest BCUT2D eigenvalue weighted by Crippen LogP contribution is 2.16. The van der Waals surface area contributed by atoms with Gasteiger partial charge >= 0.3 is 0 Å². The number of hydrogen-bond acceptors (Lipinski definition) is 3. The Bertz CT molecular complexity index is 311. The molecule has 0 aromatic heterocycles. The van der Waals surface area contributed by atoms with Gasteiger partial charge in [0.05, 0.1) is 0 Å². The molecule has 0 aliphatic heterocycles. The van der Waals surface area contributed by atoms with E-state index in [-0.39, 0.29) is 0 Å². The minimum absolute atomic E-state index is 0.461. The van der Waals surface area contributed by atoms with Gasteiger partial charge in [0.2, 0.25) is 0 Å². The third-order valence-electron chi connectivity index (χ3n) is 3.55. The van der Waals surface area contributed by atoms with E-state index in [4.69, 9.17) is 0 Å². The summed E-state index contributed by atoms with van der Waals surface area (Å²) in [7, 11) is -1.69. The fourth-order valence-corrected chi connectivity index (χ4v) is 3.14. The van der Waals surface area contributed by atoms with E-state index in [1.54, 1.807) is 7.05 Å². The first-order chi connectivity index (χ1) is 8.56. The molecule has 0 spiro atoms. The molecular weight excluding hydrogens is 250 g/mol. The summed E-state index contributed by atoms with van der Waals surface area (Å²) >= 11 is 0. The highest BCUT2D eigenvalue weighted by atomic mass is 32.2. The van der Waals surface area contributed by atoms with Gasteiger partial charge < -0.3 is 5.32 Å².